The minimum absolute atomic E-state index is 0.239. The highest BCUT2D eigenvalue weighted by molar-refractivity contribution is 5.74. The van der Waals surface area contributed by atoms with Crippen LogP contribution in [0.25, 0.3) is 0 Å². The quantitative estimate of drug-likeness (QED) is 0.788. The summed E-state index contributed by atoms with van der Waals surface area (Å²) < 4.78 is 5.30. The van der Waals surface area contributed by atoms with E-state index in [1.54, 1.807) is 0 Å². The topological polar surface area (TPSA) is 58.6 Å². The number of hydrogen-bond acceptors (Lipinski definition) is 3. The Labute approximate surface area is 103 Å². The van der Waals surface area contributed by atoms with Gasteiger partial charge in [-0.1, -0.05) is 19.3 Å². The zero-order chi connectivity index (χ0) is 12.1. The van der Waals surface area contributed by atoms with Crippen molar-refractivity contribution in [1.82, 2.24) is 5.32 Å². The van der Waals surface area contributed by atoms with Crippen molar-refractivity contribution in [3.05, 3.63) is 0 Å². The maximum absolute atomic E-state index is 11.4. The molecule has 98 valence electrons. The number of nitrogens with one attached hydrogen (secondary N) is 1. The molecule has 1 saturated heterocycles. The van der Waals surface area contributed by atoms with E-state index in [2.05, 4.69) is 5.32 Å². The summed E-state index contributed by atoms with van der Waals surface area (Å²) in [6.07, 6.45) is 7.77. The van der Waals surface area contributed by atoms with E-state index >= 15 is 0 Å². The molecule has 0 aromatic rings. The highest BCUT2D eigenvalue weighted by Gasteiger charge is 2.31. The molecule has 0 radical (unpaired) electrons. The van der Waals surface area contributed by atoms with E-state index in [-0.39, 0.29) is 12.0 Å². The van der Waals surface area contributed by atoms with Crippen molar-refractivity contribution in [2.45, 2.75) is 57.0 Å². The highest BCUT2D eigenvalue weighted by Crippen LogP contribution is 2.23. The Bertz CT molecular complexity index is 245. The molecule has 4 nitrogen and oxygen atoms in total. The Hall–Kier alpha value is -0.610. The third-order valence-corrected chi connectivity index (χ3v) is 4.02. The van der Waals surface area contributed by atoms with Crippen LogP contribution < -0.4 is 5.32 Å². The molecule has 0 aromatic carbocycles. The molecule has 0 bridgehead atoms. The molecule has 1 saturated carbocycles. The normalized spacial score (nSPS) is 25.6. The Morgan fingerprint density at radius 3 is 2.35 bits per heavy atom. The predicted molar refractivity (Wildman–Crippen MR) is 65.0 cm³/mol. The first-order valence-corrected chi connectivity index (χ1v) is 6.84. The van der Waals surface area contributed by atoms with Crippen molar-refractivity contribution in [2.75, 3.05) is 13.2 Å². The summed E-state index contributed by atoms with van der Waals surface area (Å²) in [5.41, 5.74) is 0. The smallest absolute Gasteiger partial charge is 0.320 e. The van der Waals surface area contributed by atoms with E-state index in [0.29, 0.717) is 19.3 Å². The maximum atomic E-state index is 11.4. The Kier molecular flexibility index (Phi) is 4.80. The summed E-state index contributed by atoms with van der Waals surface area (Å²) in [6.45, 7) is 1.42. The SMILES string of the molecule is O=C(O)C(NC1CCCCC1)C1CCOCC1. The van der Waals surface area contributed by atoms with Gasteiger partial charge in [0.05, 0.1) is 0 Å². The number of carboxylic acids is 1. The summed E-state index contributed by atoms with van der Waals surface area (Å²) in [5, 5.41) is 12.7. The molecule has 0 aromatic heterocycles. The second-order valence-electron chi connectivity index (χ2n) is 5.27. The molecule has 0 amide bonds. The van der Waals surface area contributed by atoms with Gasteiger partial charge in [0.1, 0.15) is 6.04 Å². The van der Waals surface area contributed by atoms with Gasteiger partial charge in [-0.3, -0.25) is 4.79 Å². The molecule has 17 heavy (non-hydrogen) atoms. The first-order chi connectivity index (χ1) is 8.27. The standard InChI is InChI=1S/C13H23NO3/c15-13(16)12(10-6-8-17-9-7-10)14-11-4-2-1-3-5-11/h10-12,14H,1-9H2,(H,15,16). The molecule has 2 rings (SSSR count). The van der Waals surface area contributed by atoms with Crippen molar-refractivity contribution in [1.29, 1.82) is 0 Å². The molecule has 2 N–H and O–H groups in total. The zero-order valence-corrected chi connectivity index (χ0v) is 10.4. The fourth-order valence-electron chi connectivity index (χ4n) is 2.98. The lowest BCUT2D eigenvalue weighted by Gasteiger charge is -2.32. The molecule has 2 aliphatic rings. The third-order valence-electron chi connectivity index (χ3n) is 4.02. The molecule has 1 unspecified atom stereocenters. The first kappa shape index (κ1) is 12.8. The van der Waals surface area contributed by atoms with Crippen molar-refractivity contribution < 1.29 is 14.6 Å². The largest absolute Gasteiger partial charge is 0.480 e. The van der Waals surface area contributed by atoms with Crippen molar-refractivity contribution in [2.24, 2.45) is 5.92 Å². The third kappa shape index (κ3) is 3.68. The fourth-order valence-corrected chi connectivity index (χ4v) is 2.98. The summed E-state index contributed by atoms with van der Waals surface area (Å²) in [7, 11) is 0. The lowest BCUT2D eigenvalue weighted by molar-refractivity contribution is -0.142. The molecule has 0 spiro atoms. The molecule has 2 fully saturated rings. The number of carboxylic acid groups (broad SMARTS) is 1. The Balaban J connectivity index is 1.88. The van der Waals surface area contributed by atoms with Gasteiger partial charge in [-0.05, 0) is 31.6 Å². The van der Waals surface area contributed by atoms with E-state index in [9.17, 15) is 9.90 Å². The van der Waals surface area contributed by atoms with Crippen LogP contribution in [0.1, 0.15) is 44.9 Å². The molecule has 1 aliphatic carbocycles. The van der Waals surface area contributed by atoms with Crippen LogP contribution in [0.5, 0.6) is 0 Å². The average Bonchev–Trinajstić information content (AvgIpc) is 2.38. The number of carbonyl (C=O) groups is 1. The van der Waals surface area contributed by atoms with Crippen molar-refractivity contribution in [3.8, 4) is 0 Å². The van der Waals surface area contributed by atoms with Gasteiger partial charge in [0.2, 0.25) is 0 Å². The van der Waals surface area contributed by atoms with E-state index in [1.165, 1.54) is 19.3 Å². The van der Waals surface area contributed by atoms with Gasteiger partial charge in [0, 0.05) is 19.3 Å². The van der Waals surface area contributed by atoms with Crippen LogP contribution in [0, 0.1) is 5.92 Å². The number of hydrogen-bond donors (Lipinski definition) is 2. The van der Waals surface area contributed by atoms with Gasteiger partial charge in [0.25, 0.3) is 0 Å². The number of aliphatic carboxylic acids is 1. The minimum Gasteiger partial charge on any atom is -0.480 e. The Morgan fingerprint density at radius 1 is 1.12 bits per heavy atom. The second kappa shape index (κ2) is 6.36. The highest BCUT2D eigenvalue weighted by atomic mass is 16.5. The second-order valence-corrected chi connectivity index (χ2v) is 5.27. The maximum Gasteiger partial charge on any atom is 0.320 e. The minimum atomic E-state index is -0.692. The van der Waals surface area contributed by atoms with Crippen LogP contribution in [-0.4, -0.2) is 36.4 Å². The van der Waals surface area contributed by atoms with E-state index in [0.717, 1.165) is 25.7 Å². The zero-order valence-electron chi connectivity index (χ0n) is 10.4. The van der Waals surface area contributed by atoms with Crippen molar-refractivity contribution >= 4 is 5.97 Å². The summed E-state index contributed by atoms with van der Waals surface area (Å²) in [5.74, 6) is -0.453. The molecule has 4 heteroatoms. The summed E-state index contributed by atoms with van der Waals surface area (Å²) in [4.78, 5) is 11.4. The van der Waals surface area contributed by atoms with Crippen LogP contribution >= 0.6 is 0 Å². The molecule has 1 aliphatic heterocycles. The lowest BCUT2D eigenvalue weighted by Crippen LogP contribution is -2.49. The Morgan fingerprint density at radius 2 is 1.76 bits per heavy atom. The van der Waals surface area contributed by atoms with Crippen molar-refractivity contribution in [3.63, 3.8) is 0 Å². The summed E-state index contributed by atoms with van der Waals surface area (Å²) in [6, 6.07) is 0.0368. The van der Waals surface area contributed by atoms with E-state index in [4.69, 9.17) is 4.74 Å². The molecule has 1 heterocycles. The van der Waals surface area contributed by atoms with Gasteiger partial charge in [0.15, 0.2) is 0 Å². The first-order valence-electron chi connectivity index (χ1n) is 6.84. The van der Waals surface area contributed by atoms with Gasteiger partial charge < -0.3 is 15.2 Å². The van der Waals surface area contributed by atoms with E-state index < -0.39 is 5.97 Å². The predicted octanol–water partition coefficient (Wildman–Crippen LogP) is 1.79. The van der Waals surface area contributed by atoms with Crippen LogP contribution in [0.4, 0.5) is 0 Å². The average molecular weight is 241 g/mol. The van der Waals surface area contributed by atoms with Gasteiger partial charge in [-0.2, -0.15) is 0 Å². The van der Waals surface area contributed by atoms with Crippen LogP contribution in [0.3, 0.4) is 0 Å². The van der Waals surface area contributed by atoms with Crippen LogP contribution in [0.2, 0.25) is 0 Å². The monoisotopic (exact) mass is 241 g/mol. The van der Waals surface area contributed by atoms with Gasteiger partial charge in [-0.15, -0.1) is 0 Å². The lowest BCUT2D eigenvalue weighted by atomic mass is 9.89. The fraction of sp³-hybridized carbons (Fsp3) is 0.923. The molecular weight excluding hydrogens is 218 g/mol. The number of rotatable bonds is 4. The van der Waals surface area contributed by atoms with E-state index in [1.807, 2.05) is 0 Å². The molecular formula is C13H23NO3. The number of ether oxygens (including phenoxy) is 1. The van der Waals surface area contributed by atoms with Crippen LogP contribution in [-0.2, 0) is 9.53 Å². The van der Waals surface area contributed by atoms with Gasteiger partial charge >= 0.3 is 5.97 Å². The molecule has 1 atom stereocenters. The van der Waals surface area contributed by atoms with Crippen LogP contribution in [0.15, 0.2) is 0 Å². The van der Waals surface area contributed by atoms with Gasteiger partial charge in [-0.25, -0.2) is 0 Å². The summed E-state index contributed by atoms with van der Waals surface area (Å²) >= 11 is 0.